The van der Waals surface area contributed by atoms with Crippen molar-refractivity contribution in [3.05, 3.63) is 41.9 Å². The number of aromatic nitrogens is 2. The van der Waals surface area contributed by atoms with Crippen LogP contribution in [-0.4, -0.2) is 48.0 Å². The first-order valence-electron chi connectivity index (χ1n) is 8.07. The number of benzene rings is 1. The van der Waals surface area contributed by atoms with E-state index in [2.05, 4.69) is 19.3 Å². The molecule has 0 spiro atoms. The van der Waals surface area contributed by atoms with Crippen LogP contribution in [-0.2, 0) is 26.3 Å². The van der Waals surface area contributed by atoms with Gasteiger partial charge in [-0.3, -0.25) is 4.31 Å². The fourth-order valence-electron chi connectivity index (χ4n) is 2.27. The number of esters is 1. The monoisotopic (exact) mass is 446 g/mol. The minimum Gasteiger partial charge on any atom is -0.452 e. The van der Waals surface area contributed by atoms with Crippen LogP contribution in [0.3, 0.4) is 0 Å². The Kier molecular flexibility index (Phi) is 5.52. The number of hydrogen-bond donors (Lipinski definition) is 0. The lowest BCUT2D eigenvalue weighted by Gasteiger charge is -2.18. The van der Waals surface area contributed by atoms with Gasteiger partial charge in [0.25, 0.3) is 5.89 Å². The molecule has 0 amide bonds. The number of nitrogens with zero attached hydrogens (tertiary/aromatic N) is 4. The predicted octanol–water partition coefficient (Wildman–Crippen LogP) is 2.21. The maximum atomic E-state index is 12.2. The van der Waals surface area contributed by atoms with Crippen LogP contribution in [0, 0.1) is 0 Å². The van der Waals surface area contributed by atoms with E-state index in [1.165, 1.54) is 26.1 Å². The Bertz CT molecular complexity index is 1120. The molecule has 10 nitrogen and oxygen atoms in total. The van der Waals surface area contributed by atoms with Crippen LogP contribution in [0.25, 0.3) is 11.4 Å². The van der Waals surface area contributed by atoms with Crippen LogP contribution in [0.4, 0.5) is 13.2 Å². The van der Waals surface area contributed by atoms with Crippen molar-refractivity contribution >= 4 is 21.9 Å². The Morgan fingerprint density at radius 3 is 2.53 bits per heavy atom. The molecule has 2 aromatic rings. The van der Waals surface area contributed by atoms with E-state index in [0.29, 0.717) is 5.56 Å². The second-order valence-electron chi connectivity index (χ2n) is 5.87. The molecule has 1 aliphatic rings. The molecule has 0 fully saturated rings. The second kappa shape index (κ2) is 7.78. The Hall–Kier alpha value is -3.42. The van der Waals surface area contributed by atoms with Crippen molar-refractivity contribution in [3.8, 4) is 17.1 Å². The number of hydrogen-bond acceptors (Lipinski definition) is 8. The molecule has 14 heteroatoms. The third-order valence-electron chi connectivity index (χ3n) is 3.68. The lowest BCUT2D eigenvalue weighted by molar-refractivity contribution is -0.274. The highest BCUT2D eigenvalue weighted by molar-refractivity contribution is 7.88. The highest BCUT2D eigenvalue weighted by atomic mass is 32.2. The summed E-state index contributed by atoms with van der Waals surface area (Å²) in [6, 6.07) is 4.76. The van der Waals surface area contributed by atoms with Gasteiger partial charge in [0.2, 0.25) is 5.82 Å². The highest BCUT2D eigenvalue weighted by Crippen LogP contribution is 2.25. The Morgan fingerprint density at radius 2 is 1.90 bits per heavy atom. The van der Waals surface area contributed by atoms with Gasteiger partial charge in [0, 0.05) is 18.8 Å². The average Bonchev–Trinajstić information content (AvgIpc) is 3.10. The van der Waals surface area contributed by atoms with Gasteiger partial charge in [-0.25, -0.2) is 4.79 Å². The number of alkyl halides is 3. The summed E-state index contributed by atoms with van der Waals surface area (Å²) >= 11 is 0. The minimum atomic E-state index is -4.81. The first-order chi connectivity index (χ1) is 13.9. The zero-order valence-corrected chi connectivity index (χ0v) is 16.2. The lowest BCUT2D eigenvalue weighted by Crippen LogP contribution is -2.29. The lowest BCUT2D eigenvalue weighted by atomic mass is 10.2. The van der Waals surface area contributed by atoms with E-state index in [4.69, 9.17) is 9.26 Å². The number of ether oxygens (including phenoxy) is 2. The summed E-state index contributed by atoms with van der Waals surface area (Å²) in [6.45, 7) is 0.927. The van der Waals surface area contributed by atoms with Crippen molar-refractivity contribution < 1.29 is 40.4 Å². The largest absolute Gasteiger partial charge is 0.573 e. The van der Waals surface area contributed by atoms with Gasteiger partial charge < -0.3 is 14.0 Å². The topological polar surface area (TPSA) is 124 Å². The van der Waals surface area contributed by atoms with Crippen LogP contribution in [0.1, 0.15) is 12.8 Å². The average molecular weight is 446 g/mol. The molecule has 0 saturated carbocycles. The van der Waals surface area contributed by atoms with Gasteiger partial charge in [0.1, 0.15) is 5.75 Å². The van der Waals surface area contributed by atoms with Gasteiger partial charge in [-0.15, -0.1) is 17.6 Å². The summed E-state index contributed by atoms with van der Waals surface area (Å²) < 4.78 is 77.7. The molecule has 2 heterocycles. The predicted molar refractivity (Wildman–Crippen MR) is 94.1 cm³/mol. The molecule has 0 atom stereocenters. The SMILES string of the molecule is CC1=NS(=O)(=O)N(C)C=C1C(=O)OCc1nc(-c2ccc(OC(F)(F)F)cc2)no1. The molecule has 0 saturated heterocycles. The summed E-state index contributed by atoms with van der Waals surface area (Å²) in [4.78, 5) is 16.2. The highest BCUT2D eigenvalue weighted by Gasteiger charge is 2.31. The molecule has 1 aromatic carbocycles. The molecule has 160 valence electrons. The fourth-order valence-corrected chi connectivity index (χ4v) is 3.08. The Balaban J connectivity index is 1.64. The number of rotatable bonds is 5. The van der Waals surface area contributed by atoms with Crippen molar-refractivity contribution in [1.82, 2.24) is 14.4 Å². The van der Waals surface area contributed by atoms with Gasteiger partial charge in [0.15, 0.2) is 6.61 Å². The first-order valence-corrected chi connectivity index (χ1v) is 9.47. The van der Waals surface area contributed by atoms with Crippen molar-refractivity contribution in [1.29, 1.82) is 0 Å². The molecule has 0 N–H and O–H groups in total. The second-order valence-corrected chi connectivity index (χ2v) is 7.53. The molecular weight excluding hydrogens is 433 g/mol. The zero-order chi connectivity index (χ0) is 22.1. The van der Waals surface area contributed by atoms with Gasteiger partial charge in [-0.05, 0) is 31.2 Å². The van der Waals surface area contributed by atoms with Crippen molar-refractivity contribution in [2.75, 3.05) is 7.05 Å². The van der Waals surface area contributed by atoms with E-state index in [0.717, 1.165) is 22.6 Å². The summed E-state index contributed by atoms with van der Waals surface area (Å²) in [6.07, 6.45) is -3.73. The van der Waals surface area contributed by atoms with Crippen LogP contribution >= 0.6 is 0 Å². The molecule has 0 unspecified atom stereocenters. The third kappa shape index (κ3) is 4.94. The van der Waals surface area contributed by atoms with E-state index >= 15 is 0 Å². The summed E-state index contributed by atoms with van der Waals surface area (Å²) in [5.74, 6) is -1.29. The van der Waals surface area contributed by atoms with E-state index in [9.17, 15) is 26.4 Å². The van der Waals surface area contributed by atoms with Gasteiger partial charge in [0.05, 0.1) is 11.3 Å². The fraction of sp³-hybridized carbons (Fsp3) is 0.250. The molecule has 3 rings (SSSR count). The van der Waals surface area contributed by atoms with Crippen molar-refractivity contribution in [2.45, 2.75) is 19.9 Å². The van der Waals surface area contributed by atoms with Crippen molar-refractivity contribution in [2.24, 2.45) is 4.40 Å². The normalized spacial score (nSPS) is 16.0. The quantitative estimate of drug-likeness (QED) is 0.641. The minimum absolute atomic E-state index is 0.0366. The Labute approximate surface area is 167 Å². The summed E-state index contributed by atoms with van der Waals surface area (Å²) in [7, 11) is -2.64. The smallest absolute Gasteiger partial charge is 0.452 e. The number of halogens is 3. The standard InChI is InChI=1S/C16H13F3N4O6S/c1-9-12(7-23(2)30(25,26)22-9)15(24)27-8-13-20-14(21-29-13)10-3-5-11(6-4-10)28-16(17,18)19/h3-7H,8H2,1-2H3. The van der Waals surface area contributed by atoms with Gasteiger partial charge >= 0.3 is 22.5 Å². The Morgan fingerprint density at radius 1 is 1.23 bits per heavy atom. The first kappa shape index (κ1) is 21.3. The molecule has 1 aliphatic heterocycles. The van der Waals surface area contributed by atoms with E-state index < -0.39 is 34.9 Å². The number of carbonyl (C=O) groups is 1. The number of carbonyl (C=O) groups excluding carboxylic acids is 1. The maximum absolute atomic E-state index is 12.2. The van der Waals surface area contributed by atoms with Crippen LogP contribution < -0.4 is 4.74 Å². The van der Waals surface area contributed by atoms with Gasteiger partial charge in [-0.1, -0.05) is 5.16 Å². The maximum Gasteiger partial charge on any atom is 0.573 e. The third-order valence-corrected chi connectivity index (χ3v) is 5.02. The van der Waals surface area contributed by atoms with E-state index in [1.807, 2.05) is 0 Å². The van der Waals surface area contributed by atoms with E-state index in [1.54, 1.807) is 0 Å². The molecule has 1 aromatic heterocycles. The summed E-state index contributed by atoms with van der Waals surface area (Å²) in [5, 5.41) is 3.66. The van der Waals surface area contributed by atoms with Crippen LogP contribution in [0.5, 0.6) is 5.75 Å². The zero-order valence-electron chi connectivity index (χ0n) is 15.4. The van der Waals surface area contributed by atoms with Gasteiger partial charge in [-0.2, -0.15) is 13.4 Å². The van der Waals surface area contributed by atoms with Crippen molar-refractivity contribution in [3.63, 3.8) is 0 Å². The molecular formula is C16H13F3N4O6S. The molecule has 0 bridgehead atoms. The van der Waals surface area contributed by atoms with Crippen LogP contribution in [0.2, 0.25) is 0 Å². The van der Waals surface area contributed by atoms with Crippen LogP contribution in [0.15, 0.2) is 45.0 Å². The summed E-state index contributed by atoms with van der Waals surface area (Å²) in [5.41, 5.74) is 0.244. The molecule has 0 aliphatic carbocycles. The molecule has 0 radical (unpaired) electrons. The van der Waals surface area contributed by atoms with E-state index in [-0.39, 0.29) is 23.0 Å². The molecule has 30 heavy (non-hydrogen) atoms.